The first-order valence-electron chi connectivity index (χ1n) is 6.71. The standard InChI is InChI=1S/C14H16N4O2/c15-14-10(4-3-7-13(14)18(19)20)8-17-9-16-11-5-1-2-6-12(11)17/h3-4,7,9H,1-2,5-6,8,15H2. The molecule has 20 heavy (non-hydrogen) atoms. The summed E-state index contributed by atoms with van der Waals surface area (Å²) < 4.78 is 2.06. The highest BCUT2D eigenvalue weighted by Gasteiger charge is 2.18. The molecule has 1 aromatic carbocycles. The zero-order valence-corrected chi connectivity index (χ0v) is 11.1. The van der Waals surface area contributed by atoms with Gasteiger partial charge in [0.05, 0.1) is 23.5 Å². The highest BCUT2D eigenvalue weighted by atomic mass is 16.6. The third kappa shape index (κ3) is 2.13. The van der Waals surface area contributed by atoms with E-state index in [0.717, 1.165) is 24.1 Å². The first-order valence-corrected chi connectivity index (χ1v) is 6.71. The van der Waals surface area contributed by atoms with Gasteiger partial charge in [-0.1, -0.05) is 12.1 Å². The normalized spacial score (nSPS) is 14.0. The minimum atomic E-state index is -0.442. The van der Waals surface area contributed by atoms with Gasteiger partial charge in [0.25, 0.3) is 5.69 Å². The minimum Gasteiger partial charge on any atom is -0.393 e. The second kappa shape index (κ2) is 4.96. The van der Waals surface area contributed by atoms with Gasteiger partial charge in [-0.2, -0.15) is 0 Å². The number of hydrogen-bond donors (Lipinski definition) is 1. The second-order valence-corrected chi connectivity index (χ2v) is 5.08. The van der Waals surface area contributed by atoms with Crippen molar-refractivity contribution >= 4 is 11.4 Å². The Morgan fingerprint density at radius 2 is 2.15 bits per heavy atom. The highest BCUT2D eigenvalue weighted by molar-refractivity contribution is 5.63. The molecule has 0 amide bonds. The number of nitro benzene ring substituents is 1. The van der Waals surface area contributed by atoms with E-state index in [4.69, 9.17) is 5.73 Å². The fraction of sp³-hybridized carbons (Fsp3) is 0.357. The number of aromatic nitrogens is 2. The Labute approximate surface area is 116 Å². The van der Waals surface area contributed by atoms with E-state index in [1.165, 1.54) is 24.6 Å². The van der Waals surface area contributed by atoms with Crippen molar-refractivity contribution in [3.8, 4) is 0 Å². The van der Waals surface area contributed by atoms with E-state index in [-0.39, 0.29) is 11.4 Å². The molecule has 0 fully saturated rings. The Hall–Kier alpha value is -2.37. The molecule has 3 rings (SSSR count). The molecule has 0 unspecified atom stereocenters. The third-order valence-corrected chi connectivity index (χ3v) is 3.82. The van der Waals surface area contributed by atoms with Gasteiger partial charge in [0, 0.05) is 17.3 Å². The van der Waals surface area contributed by atoms with Crippen LogP contribution >= 0.6 is 0 Å². The lowest BCUT2D eigenvalue weighted by Gasteiger charge is -2.14. The number of benzene rings is 1. The fourth-order valence-corrected chi connectivity index (χ4v) is 2.75. The molecule has 2 aromatic rings. The van der Waals surface area contributed by atoms with Crippen LogP contribution in [0.5, 0.6) is 0 Å². The van der Waals surface area contributed by atoms with Crippen LogP contribution in [0.3, 0.4) is 0 Å². The van der Waals surface area contributed by atoms with Gasteiger partial charge < -0.3 is 10.3 Å². The Bertz CT molecular complexity index is 663. The van der Waals surface area contributed by atoms with Gasteiger partial charge in [-0.25, -0.2) is 4.98 Å². The van der Waals surface area contributed by atoms with E-state index in [1.54, 1.807) is 6.07 Å². The van der Waals surface area contributed by atoms with Gasteiger partial charge in [-0.15, -0.1) is 0 Å². The number of aryl methyl sites for hydroxylation is 1. The fourth-order valence-electron chi connectivity index (χ4n) is 2.75. The van der Waals surface area contributed by atoms with Crippen molar-refractivity contribution in [2.24, 2.45) is 0 Å². The third-order valence-electron chi connectivity index (χ3n) is 3.82. The molecule has 2 N–H and O–H groups in total. The SMILES string of the molecule is Nc1c(Cn2cnc3c2CCCC3)cccc1[N+](=O)[O-]. The van der Waals surface area contributed by atoms with Crippen molar-refractivity contribution in [1.29, 1.82) is 0 Å². The van der Waals surface area contributed by atoms with Crippen LogP contribution in [-0.4, -0.2) is 14.5 Å². The Balaban J connectivity index is 1.94. The van der Waals surface area contributed by atoms with Crippen molar-refractivity contribution in [3.63, 3.8) is 0 Å². The van der Waals surface area contributed by atoms with E-state index in [2.05, 4.69) is 9.55 Å². The van der Waals surface area contributed by atoms with Crippen LogP contribution in [0.2, 0.25) is 0 Å². The van der Waals surface area contributed by atoms with Gasteiger partial charge in [-0.05, 0) is 25.7 Å². The van der Waals surface area contributed by atoms with Gasteiger partial charge in [-0.3, -0.25) is 10.1 Å². The Morgan fingerprint density at radius 1 is 1.35 bits per heavy atom. The summed E-state index contributed by atoms with van der Waals surface area (Å²) >= 11 is 0. The van der Waals surface area contributed by atoms with Crippen LogP contribution < -0.4 is 5.73 Å². The number of para-hydroxylation sites is 1. The van der Waals surface area contributed by atoms with E-state index >= 15 is 0 Å². The zero-order chi connectivity index (χ0) is 14.1. The van der Waals surface area contributed by atoms with Crippen LogP contribution in [-0.2, 0) is 19.4 Å². The molecule has 0 spiro atoms. The summed E-state index contributed by atoms with van der Waals surface area (Å²) in [5.74, 6) is 0. The average molecular weight is 272 g/mol. The predicted molar refractivity (Wildman–Crippen MR) is 75.5 cm³/mol. The topological polar surface area (TPSA) is 87.0 Å². The maximum atomic E-state index is 10.9. The molecule has 0 saturated carbocycles. The van der Waals surface area contributed by atoms with Crippen LogP contribution in [0, 0.1) is 10.1 Å². The zero-order valence-electron chi connectivity index (χ0n) is 11.1. The van der Waals surface area contributed by atoms with Crippen LogP contribution in [0.1, 0.15) is 29.8 Å². The van der Waals surface area contributed by atoms with Crippen molar-refractivity contribution in [2.45, 2.75) is 32.2 Å². The number of nitrogens with zero attached hydrogens (tertiary/aromatic N) is 3. The van der Waals surface area contributed by atoms with Gasteiger partial charge >= 0.3 is 0 Å². The number of fused-ring (bicyclic) bond motifs is 1. The quantitative estimate of drug-likeness (QED) is 0.527. The van der Waals surface area contributed by atoms with Crippen molar-refractivity contribution < 1.29 is 4.92 Å². The lowest BCUT2D eigenvalue weighted by atomic mass is 10.0. The molecule has 6 nitrogen and oxygen atoms in total. The molecule has 0 atom stereocenters. The second-order valence-electron chi connectivity index (χ2n) is 5.08. The van der Waals surface area contributed by atoms with Crippen molar-refractivity contribution in [3.05, 3.63) is 51.6 Å². The Kier molecular flexibility index (Phi) is 3.14. The highest BCUT2D eigenvalue weighted by Crippen LogP contribution is 2.27. The summed E-state index contributed by atoms with van der Waals surface area (Å²) in [5, 5.41) is 10.9. The van der Waals surface area contributed by atoms with E-state index < -0.39 is 4.92 Å². The molecule has 0 radical (unpaired) electrons. The molecule has 0 saturated heterocycles. The first kappa shape index (κ1) is 12.7. The molecule has 1 aliphatic carbocycles. The van der Waals surface area contributed by atoms with Gasteiger partial charge in [0.1, 0.15) is 5.69 Å². The molecule has 1 heterocycles. The smallest absolute Gasteiger partial charge is 0.292 e. The summed E-state index contributed by atoms with van der Waals surface area (Å²) in [5.41, 5.74) is 9.28. The summed E-state index contributed by atoms with van der Waals surface area (Å²) in [6.07, 6.45) is 6.21. The Morgan fingerprint density at radius 3 is 2.95 bits per heavy atom. The molecule has 0 aliphatic heterocycles. The lowest BCUT2D eigenvalue weighted by molar-refractivity contribution is -0.383. The van der Waals surface area contributed by atoms with E-state index in [9.17, 15) is 10.1 Å². The van der Waals surface area contributed by atoms with Crippen molar-refractivity contribution in [1.82, 2.24) is 9.55 Å². The van der Waals surface area contributed by atoms with Crippen molar-refractivity contribution in [2.75, 3.05) is 5.73 Å². The van der Waals surface area contributed by atoms with Gasteiger partial charge in [0.15, 0.2) is 0 Å². The van der Waals surface area contributed by atoms with Crippen LogP contribution in [0.4, 0.5) is 11.4 Å². The predicted octanol–water partition coefficient (Wildman–Crippen LogP) is 2.30. The molecule has 1 aliphatic rings. The maximum absolute atomic E-state index is 10.9. The monoisotopic (exact) mass is 272 g/mol. The molecule has 0 bridgehead atoms. The maximum Gasteiger partial charge on any atom is 0.292 e. The van der Waals surface area contributed by atoms with E-state index in [1.807, 2.05) is 12.4 Å². The van der Waals surface area contributed by atoms with Gasteiger partial charge in [0.2, 0.25) is 0 Å². The molecule has 104 valence electrons. The summed E-state index contributed by atoms with van der Waals surface area (Å²) in [7, 11) is 0. The number of imidazole rings is 1. The van der Waals surface area contributed by atoms with E-state index in [0.29, 0.717) is 6.54 Å². The largest absolute Gasteiger partial charge is 0.393 e. The van der Waals surface area contributed by atoms with Crippen LogP contribution in [0.25, 0.3) is 0 Å². The molecular weight excluding hydrogens is 256 g/mol. The number of anilines is 1. The molecule has 1 aromatic heterocycles. The first-order chi connectivity index (χ1) is 9.66. The molecular formula is C14H16N4O2. The summed E-state index contributed by atoms with van der Waals surface area (Å²) in [6, 6.07) is 4.94. The number of rotatable bonds is 3. The number of nitro groups is 1. The summed E-state index contributed by atoms with van der Waals surface area (Å²) in [4.78, 5) is 14.9. The lowest BCUT2D eigenvalue weighted by Crippen LogP contribution is -2.10. The minimum absolute atomic E-state index is 0.0310. The molecule has 6 heteroatoms. The number of nitrogen functional groups attached to an aromatic ring is 1. The van der Waals surface area contributed by atoms with Crippen LogP contribution in [0.15, 0.2) is 24.5 Å². The number of hydrogen-bond acceptors (Lipinski definition) is 4. The summed E-state index contributed by atoms with van der Waals surface area (Å²) in [6.45, 7) is 0.538. The number of nitrogens with two attached hydrogens (primary N) is 1. The average Bonchev–Trinajstić information content (AvgIpc) is 2.84.